The summed E-state index contributed by atoms with van der Waals surface area (Å²) in [4.78, 5) is 4.64. The Morgan fingerprint density at radius 2 is 2.11 bits per heavy atom. The average molecular weight is 392 g/mol. The van der Waals surface area contributed by atoms with Crippen LogP contribution in [0.5, 0.6) is 5.75 Å². The third kappa shape index (κ3) is 8.48. The van der Waals surface area contributed by atoms with E-state index >= 15 is 0 Å². The van der Waals surface area contributed by atoms with Crippen molar-refractivity contribution in [2.24, 2.45) is 4.99 Å². The van der Waals surface area contributed by atoms with Crippen molar-refractivity contribution in [3.05, 3.63) is 29.8 Å². The van der Waals surface area contributed by atoms with E-state index < -0.39 is 0 Å². The lowest BCUT2D eigenvalue weighted by molar-refractivity contribution is 0.0171. The van der Waals surface area contributed by atoms with Crippen molar-refractivity contribution in [2.45, 2.75) is 51.6 Å². The molecule has 6 nitrogen and oxygen atoms in total. The highest BCUT2D eigenvalue weighted by Gasteiger charge is 2.14. The molecule has 1 aromatic rings. The van der Waals surface area contributed by atoms with Gasteiger partial charge in [-0.2, -0.15) is 0 Å². The second kappa shape index (κ2) is 13.4. The summed E-state index contributed by atoms with van der Waals surface area (Å²) in [5.74, 6) is 2.26. The monoisotopic (exact) mass is 391 g/mol. The molecule has 0 spiro atoms. The van der Waals surface area contributed by atoms with E-state index in [4.69, 9.17) is 14.2 Å². The van der Waals surface area contributed by atoms with Crippen LogP contribution in [-0.2, 0) is 9.47 Å². The average Bonchev–Trinajstić information content (AvgIpc) is 3.24. The minimum Gasteiger partial charge on any atom is -0.497 e. The van der Waals surface area contributed by atoms with E-state index in [1.54, 1.807) is 7.11 Å². The normalized spacial score (nSPS) is 18.1. The van der Waals surface area contributed by atoms with Gasteiger partial charge in [-0.25, -0.2) is 0 Å². The van der Waals surface area contributed by atoms with Crippen molar-refractivity contribution < 1.29 is 14.2 Å². The van der Waals surface area contributed by atoms with Crippen LogP contribution in [0.3, 0.4) is 0 Å². The van der Waals surface area contributed by atoms with Gasteiger partial charge in [-0.05, 0) is 56.2 Å². The topological polar surface area (TPSA) is 64.1 Å². The van der Waals surface area contributed by atoms with Crippen LogP contribution in [0.2, 0.25) is 0 Å². The first-order valence-electron chi connectivity index (χ1n) is 10.6. The van der Waals surface area contributed by atoms with Crippen molar-refractivity contribution in [3.63, 3.8) is 0 Å². The number of methoxy groups -OCH3 is 1. The summed E-state index contributed by atoms with van der Waals surface area (Å²) in [5, 5.41) is 6.74. The number of nitrogens with zero attached hydrogens (tertiary/aromatic N) is 1. The van der Waals surface area contributed by atoms with Crippen LogP contribution < -0.4 is 15.4 Å². The summed E-state index contributed by atoms with van der Waals surface area (Å²) < 4.78 is 16.5. The third-order valence-corrected chi connectivity index (χ3v) is 4.94. The standard InChI is InChI=1S/C22H37N3O3/c1-4-23-22(24-13-6-15-27-17-21-7-5-16-28-21)25-14-12-18(2)19-8-10-20(26-3)11-9-19/h8-11,18,21H,4-7,12-17H2,1-3H3,(H2,23,24,25). The van der Waals surface area contributed by atoms with E-state index in [2.05, 4.69) is 41.6 Å². The number of benzene rings is 1. The van der Waals surface area contributed by atoms with Gasteiger partial charge in [-0.15, -0.1) is 0 Å². The number of ether oxygens (including phenoxy) is 3. The quantitative estimate of drug-likeness (QED) is 0.325. The van der Waals surface area contributed by atoms with Crippen LogP contribution in [0.25, 0.3) is 0 Å². The van der Waals surface area contributed by atoms with Crippen LogP contribution >= 0.6 is 0 Å². The number of rotatable bonds is 12. The second-order valence-corrected chi connectivity index (χ2v) is 7.21. The Morgan fingerprint density at radius 1 is 1.29 bits per heavy atom. The second-order valence-electron chi connectivity index (χ2n) is 7.21. The highest BCUT2D eigenvalue weighted by Crippen LogP contribution is 2.21. The number of guanidine groups is 1. The molecule has 28 heavy (non-hydrogen) atoms. The van der Waals surface area contributed by atoms with Crippen molar-refractivity contribution in [1.29, 1.82) is 0 Å². The maximum absolute atomic E-state index is 5.69. The molecule has 1 aromatic carbocycles. The Morgan fingerprint density at radius 3 is 2.79 bits per heavy atom. The van der Waals surface area contributed by atoms with Crippen molar-refractivity contribution >= 4 is 5.96 Å². The molecule has 6 heteroatoms. The molecule has 0 aromatic heterocycles. The smallest absolute Gasteiger partial charge is 0.191 e. The Bertz CT molecular complexity index is 557. The van der Waals surface area contributed by atoms with Gasteiger partial charge >= 0.3 is 0 Å². The van der Waals surface area contributed by atoms with Crippen LogP contribution in [0.1, 0.15) is 51.0 Å². The first-order chi connectivity index (χ1) is 13.7. The van der Waals surface area contributed by atoms with E-state index in [9.17, 15) is 0 Å². The third-order valence-electron chi connectivity index (χ3n) is 4.94. The maximum atomic E-state index is 5.69. The fourth-order valence-corrected chi connectivity index (χ4v) is 3.20. The van der Waals surface area contributed by atoms with Gasteiger partial charge in [0.25, 0.3) is 0 Å². The molecule has 2 atom stereocenters. The van der Waals surface area contributed by atoms with Gasteiger partial charge in [0.15, 0.2) is 5.96 Å². The van der Waals surface area contributed by atoms with E-state index in [0.717, 1.165) is 70.2 Å². The Labute approximate surface area is 170 Å². The van der Waals surface area contributed by atoms with E-state index in [1.165, 1.54) is 5.56 Å². The largest absolute Gasteiger partial charge is 0.497 e. The first kappa shape index (κ1) is 22.5. The van der Waals surface area contributed by atoms with Gasteiger partial charge < -0.3 is 24.8 Å². The zero-order chi connectivity index (χ0) is 20.0. The summed E-state index contributed by atoms with van der Waals surface area (Å²) in [6.07, 6.45) is 4.55. The van der Waals surface area contributed by atoms with Gasteiger partial charge in [-0.3, -0.25) is 4.99 Å². The molecule has 2 rings (SSSR count). The molecule has 1 fully saturated rings. The highest BCUT2D eigenvalue weighted by atomic mass is 16.5. The van der Waals surface area contributed by atoms with Gasteiger partial charge in [0, 0.05) is 32.8 Å². The van der Waals surface area contributed by atoms with Crippen molar-refractivity contribution in [1.82, 2.24) is 10.6 Å². The zero-order valence-corrected chi connectivity index (χ0v) is 17.7. The summed E-state index contributed by atoms with van der Waals surface area (Å²) >= 11 is 0. The van der Waals surface area contributed by atoms with Gasteiger partial charge in [0.05, 0.1) is 19.8 Å². The fourth-order valence-electron chi connectivity index (χ4n) is 3.20. The number of hydrogen-bond acceptors (Lipinski definition) is 4. The van der Waals surface area contributed by atoms with Crippen LogP contribution in [-0.4, -0.2) is 58.6 Å². The molecule has 0 radical (unpaired) electrons. The molecule has 2 unspecified atom stereocenters. The van der Waals surface area contributed by atoms with E-state index in [-0.39, 0.29) is 0 Å². The Balaban J connectivity index is 1.62. The SMILES string of the molecule is CCNC(=NCCCOCC1CCCO1)NCCC(C)c1ccc(OC)cc1. The number of aliphatic imine (C=N–C) groups is 1. The van der Waals surface area contributed by atoms with E-state index in [1.807, 2.05) is 12.1 Å². The number of hydrogen-bond donors (Lipinski definition) is 2. The molecule has 2 N–H and O–H groups in total. The lowest BCUT2D eigenvalue weighted by Crippen LogP contribution is -2.38. The molecular weight excluding hydrogens is 354 g/mol. The lowest BCUT2D eigenvalue weighted by Gasteiger charge is -2.15. The Hall–Kier alpha value is -1.79. The molecule has 1 aliphatic rings. The van der Waals surface area contributed by atoms with Crippen LogP contribution in [0, 0.1) is 0 Å². The molecule has 1 heterocycles. The molecule has 158 valence electrons. The Kier molecular flexibility index (Phi) is 10.8. The van der Waals surface area contributed by atoms with Crippen LogP contribution in [0.15, 0.2) is 29.3 Å². The van der Waals surface area contributed by atoms with Gasteiger partial charge in [-0.1, -0.05) is 19.1 Å². The molecule has 0 saturated carbocycles. The lowest BCUT2D eigenvalue weighted by atomic mass is 9.98. The molecular formula is C22H37N3O3. The molecule has 0 aliphatic carbocycles. The summed E-state index contributed by atoms with van der Waals surface area (Å²) in [7, 11) is 1.69. The summed E-state index contributed by atoms with van der Waals surface area (Å²) in [6, 6.07) is 8.32. The highest BCUT2D eigenvalue weighted by molar-refractivity contribution is 5.79. The predicted molar refractivity (Wildman–Crippen MR) is 114 cm³/mol. The minimum absolute atomic E-state index is 0.301. The van der Waals surface area contributed by atoms with Gasteiger partial charge in [0.2, 0.25) is 0 Å². The zero-order valence-electron chi connectivity index (χ0n) is 17.7. The van der Waals surface area contributed by atoms with Crippen molar-refractivity contribution in [2.75, 3.05) is 46.6 Å². The maximum Gasteiger partial charge on any atom is 0.191 e. The van der Waals surface area contributed by atoms with Crippen molar-refractivity contribution in [3.8, 4) is 5.75 Å². The predicted octanol–water partition coefficient (Wildman–Crippen LogP) is 3.33. The molecule has 0 amide bonds. The molecule has 1 aliphatic heterocycles. The molecule has 0 bridgehead atoms. The van der Waals surface area contributed by atoms with Gasteiger partial charge in [0.1, 0.15) is 5.75 Å². The van der Waals surface area contributed by atoms with Crippen LogP contribution in [0.4, 0.5) is 0 Å². The minimum atomic E-state index is 0.301. The molecule has 1 saturated heterocycles. The van der Waals surface area contributed by atoms with E-state index in [0.29, 0.717) is 18.6 Å². The summed E-state index contributed by atoms with van der Waals surface area (Å²) in [6.45, 7) is 9.16. The number of nitrogens with one attached hydrogen (secondary N) is 2. The summed E-state index contributed by atoms with van der Waals surface area (Å²) in [5.41, 5.74) is 1.33. The fraction of sp³-hybridized carbons (Fsp3) is 0.682. The first-order valence-corrected chi connectivity index (χ1v) is 10.6.